The number of ketones is 1. The molecule has 0 spiro atoms. The monoisotopic (exact) mass is 340 g/mol. The number of Topliss-reactive ketones (excluding diaryl/α,β-unsaturated/α-hetero) is 1. The normalized spacial score (nSPS) is 11.2. The van der Waals surface area contributed by atoms with Crippen LogP contribution in [0.5, 0.6) is 0 Å². The maximum Gasteiger partial charge on any atom is 0.105 e. The molecule has 0 bridgehead atoms. The van der Waals surface area contributed by atoms with Gasteiger partial charge >= 0.3 is 0 Å². The zero-order valence-corrected chi connectivity index (χ0v) is 15.9. The van der Waals surface area contributed by atoms with Crippen LogP contribution in [0.4, 0.5) is 0 Å². The first-order valence-corrected chi connectivity index (χ1v) is 7.53. The van der Waals surface area contributed by atoms with Crippen molar-refractivity contribution >= 4 is 5.78 Å². The molecule has 0 fully saturated rings. The first-order valence-electron chi connectivity index (χ1n) is 7.53. The fraction of sp³-hybridized carbons (Fsp3) is 0.450. The minimum absolute atomic E-state index is 0. The molecule has 0 aromatic heterocycles. The van der Waals surface area contributed by atoms with E-state index in [4.69, 9.17) is 0 Å². The summed E-state index contributed by atoms with van der Waals surface area (Å²) >= 11 is 0. The molecule has 0 atom stereocenters. The van der Waals surface area contributed by atoms with Crippen LogP contribution in [-0.2, 0) is 27.9 Å². The topological polar surface area (TPSA) is 17.1 Å². The minimum atomic E-state index is 0. The Hall–Kier alpha value is -1.11. The number of rotatable bonds is 1. The van der Waals surface area contributed by atoms with Crippen molar-refractivity contribution in [2.45, 2.75) is 59.3 Å². The SMILES string of the molecule is CC(=O)[c-]1cccc1C(C)(C)C.CC(C)(C)[c-]1[cH-][cH-][cH-][cH-]1.[Fe]. The third-order valence-corrected chi connectivity index (χ3v) is 3.53. The van der Waals surface area contributed by atoms with Crippen molar-refractivity contribution in [3.8, 4) is 0 Å². The zero-order chi connectivity index (χ0) is 16.3. The molecule has 2 heteroatoms. The van der Waals surface area contributed by atoms with Crippen LogP contribution >= 0.6 is 0 Å². The molecule has 0 N–H and O–H groups in total. The number of carbonyl (C=O) groups is 1. The van der Waals surface area contributed by atoms with Crippen LogP contribution in [-0.4, -0.2) is 5.78 Å². The molecule has 0 unspecified atom stereocenters. The first kappa shape index (κ1) is 20.9. The molecule has 0 aliphatic carbocycles. The number of hydrogen-bond donors (Lipinski definition) is 0. The van der Waals surface area contributed by atoms with Gasteiger partial charge in [-0.2, -0.15) is 11.6 Å². The Labute approximate surface area is 146 Å². The van der Waals surface area contributed by atoms with E-state index in [1.807, 2.05) is 18.2 Å². The quantitative estimate of drug-likeness (QED) is 0.375. The van der Waals surface area contributed by atoms with Crippen molar-refractivity contribution in [2.24, 2.45) is 0 Å². The molecular weight excluding hydrogens is 312 g/mol. The van der Waals surface area contributed by atoms with E-state index in [1.54, 1.807) is 6.92 Å². The van der Waals surface area contributed by atoms with Crippen LogP contribution in [0.1, 0.15) is 70.0 Å². The van der Waals surface area contributed by atoms with Crippen LogP contribution in [0, 0.1) is 0 Å². The molecule has 0 saturated heterocycles. The molecule has 1 nitrogen and oxygen atoms in total. The van der Waals surface area contributed by atoms with Crippen LogP contribution < -0.4 is 0 Å². The van der Waals surface area contributed by atoms with Gasteiger partial charge in [-0.1, -0.05) is 47.1 Å². The van der Waals surface area contributed by atoms with Gasteiger partial charge in [-0.15, -0.1) is 0 Å². The van der Waals surface area contributed by atoms with Crippen molar-refractivity contribution < 1.29 is 21.9 Å². The fourth-order valence-corrected chi connectivity index (χ4v) is 2.26. The second-order valence-electron chi connectivity index (χ2n) is 7.58. The molecule has 22 heavy (non-hydrogen) atoms. The van der Waals surface area contributed by atoms with E-state index >= 15 is 0 Å². The van der Waals surface area contributed by atoms with Crippen molar-refractivity contribution in [3.05, 3.63) is 59.2 Å². The largest absolute Gasteiger partial charge is 0.748 e. The van der Waals surface area contributed by atoms with Gasteiger partial charge in [-0.05, 0) is 12.3 Å². The van der Waals surface area contributed by atoms with E-state index < -0.39 is 0 Å². The maximum atomic E-state index is 11.2. The van der Waals surface area contributed by atoms with Gasteiger partial charge < -0.3 is 34.6 Å². The third kappa shape index (κ3) is 5.94. The van der Waals surface area contributed by atoms with E-state index in [0.29, 0.717) is 5.41 Å². The van der Waals surface area contributed by atoms with Gasteiger partial charge in [0.15, 0.2) is 0 Å². The van der Waals surface area contributed by atoms with Crippen LogP contribution in [0.25, 0.3) is 0 Å². The van der Waals surface area contributed by atoms with E-state index in [2.05, 4.69) is 65.8 Å². The average molecular weight is 340 g/mol. The molecule has 2 rings (SSSR count). The maximum absolute atomic E-state index is 11.2. The van der Waals surface area contributed by atoms with Gasteiger partial charge in [0.25, 0.3) is 0 Å². The summed E-state index contributed by atoms with van der Waals surface area (Å²) < 4.78 is 0. The van der Waals surface area contributed by atoms with Gasteiger partial charge in [0, 0.05) is 17.1 Å². The molecule has 0 radical (unpaired) electrons. The van der Waals surface area contributed by atoms with Gasteiger partial charge in [-0.25, -0.2) is 17.5 Å². The van der Waals surface area contributed by atoms with Crippen molar-refractivity contribution in [2.75, 3.05) is 0 Å². The molecule has 128 valence electrons. The predicted octanol–water partition coefficient (Wildman–Crippen LogP) is 5.61. The second-order valence-corrected chi connectivity index (χ2v) is 7.58. The number of hydrogen-bond acceptors (Lipinski definition) is 1. The zero-order valence-electron chi connectivity index (χ0n) is 14.8. The molecule has 2 aromatic rings. The first-order chi connectivity index (χ1) is 9.53. The molecule has 0 aliphatic rings. The summed E-state index contributed by atoms with van der Waals surface area (Å²) in [5.74, 6) is 0.157. The Bertz CT molecular complexity index is 560. The van der Waals surface area contributed by atoms with E-state index in [0.717, 1.165) is 11.1 Å². The summed E-state index contributed by atoms with van der Waals surface area (Å²) in [7, 11) is 0. The Morgan fingerprint density at radius 1 is 1.05 bits per heavy atom. The Morgan fingerprint density at radius 3 is 1.82 bits per heavy atom. The number of carbonyl (C=O) groups excluding carboxylic acids is 1. The van der Waals surface area contributed by atoms with Gasteiger partial charge in [0.05, 0.1) is 0 Å². The standard InChI is InChI=1S/C11H15O.C9H13.Fe/c1-8(12)9-6-5-7-10(9)11(2,3)4;1-9(2,3)8-6-4-5-7-8;/h5-7H,1-4H3;4-7H,1-3H3;/q-1;-5;. The van der Waals surface area contributed by atoms with Crippen LogP contribution in [0.15, 0.2) is 42.5 Å². The summed E-state index contributed by atoms with van der Waals surface area (Å²) in [6.07, 6.45) is 0. The summed E-state index contributed by atoms with van der Waals surface area (Å²) in [5, 5.41) is 0. The Balaban J connectivity index is 0.000000397. The van der Waals surface area contributed by atoms with Crippen LogP contribution in [0.2, 0.25) is 0 Å². The molecule has 0 aliphatic heterocycles. The molecular formula is C20H28FeO-6. The summed E-state index contributed by atoms with van der Waals surface area (Å²) in [6.45, 7) is 14.6. The van der Waals surface area contributed by atoms with Gasteiger partial charge in [-0.3, -0.25) is 0 Å². The second kappa shape index (κ2) is 7.94. The van der Waals surface area contributed by atoms with Gasteiger partial charge in [0.2, 0.25) is 0 Å². The van der Waals surface area contributed by atoms with E-state index in [9.17, 15) is 4.79 Å². The van der Waals surface area contributed by atoms with E-state index in [-0.39, 0.29) is 28.3 Å². The average Bonchev–Trinajstić information content (AvgIpc) is 3.00. The van der Waals surface area contributed by atoms with Crippen molar-refractivity contribution in [1.29, 1.82) is 0 Å². The molecule has 0 amide bonds. The molecule has 0 heterocycles. The molecule has 2 aromatic carbocycles. The Kier molecular flexibility index (Phi) is 7.54. The molecule has 0 saturated carbocycles. The van der Waals surface area contributed by atoms with E-state index in [1.165, 1.54) is 5.56 Å². The predicted molar refractivity (Wildman–Crippen MR) is 91.5 cm³/mol. The van der Waals surface area contributed by atoms with Gasteiger partial charge in [0.1, 0.15) is 5.78 Å². The van der Waals surface area contributed by atoms with Crippen molar-refractivity contribution in [3.63, 3.8) is 0 Å². The minimum Gasteiger partial charge on any atom is -0.748 e. The Morgan fingerprint density at radius 2 is 1.55 bits per heavy atom. The summed E-state index contributed by atoms with van der Waals surface area (Å²) in [5.41, 5.74) is 3.83. The third-order valence-electron chi connectivity index (χ3n) is 3.53. The van der Waals surface area contributed by atoms with Crippen molar-refractivity contribution in [1.82, 2.24) is 0 Å². The smallest absolute Gasteiger partial charge is 0.105 e. The summed E-state index contributed by atoms with van der Waals surface area (Å²) in [4.78, 5) is 11.2. The summed E-state index contributed by atoms with van der Waals surface area (Å²) in [6, 6.07) is 14.4. The van der Waals surface area contributed by atoms with Crippen LogP contribution in [0.3, 0.4) is 0 Å². The fourth-order valence-electron chi connectivity index (χ4n) is 2.26.